The third kappa shape index (κ3) is 2.10. The Hall–Kier alpha value is -0.570. The zero-order valence-electron chi connectivity index (χ0n) is 9.80. The van der Waals surface area contributed by atoms with Crippen molar-refractivity contribution in [3.05, 3.63) is 33.7 Å². The lowest BCUT2D eigenvalue weighted by atomic mass is 9.99. The monoisotopic (exact) mass is 253 g/mol. The quantitative estimate of drug-likeness (QED) is 0.855. The van der Waals surface area contributed by atoms with Crippen molar-refractivity contribution >= 4 is 33.0 Å². The standard InChI is InChI=1S/C13H16ClNS/c1-8(2)13-10-6-9(14)4-5-11(10)16-12(13)7-15-3/h4-6,8,15H,7H2,1-3H3. The van der Waals surface area contributed by atoms with Gasteiger partial charge >= 0.3 is 0 Å². The summed E-state index contributed by atoms with van der Waals surface area (Å²) in [7, 11) is 1.99. The van der Waals surface area contributed by atoms with Crippen LogP contribution >= 0.6 is 22.9 Å². The highest BCUT2D eigenvalue weighted by Crippen LogP contribution is 2.37. The molecule has 1 nitrogen and oxygen atoms in total. The molecule has 0 unspecified atom stereocenters. The number of fused-ring (bicyclic) bond motifs is 1. The van der Waals surface area contributed by atoms with Gasteiger partial charge in [0.05, 0.1) is 0 Å². The molecule has 0 spiro atoms. The van der Waals surface area contributed by atoms with Crippen LogP contribution in [0.15, 0.2) is 18.2 Å². The van der Waals surface area contributed by atoms with Gasteiger partial charge in [0.2, 0.25) is 0 Å². The van der Waals surface area contributed by atoms with Crippen LogP contribution in [0.2, 0.25) is 5.02 Å². The minimum atomic E-state index is 0.538. The lowest BCUT2D eigenvalue weighted by Gasteiger charge is -2.07. The molecule has 0 bridgehead atoms. The van der Waals surface area contributed by atoms with Crippen molar-refractivity contribution in [2.24, 2.45) is 0 Å². The second kappa shape index (κ2) is 4.74. The maximum Gasteiger partial charge on any atom is 0.0413 e. The molecule has 2 rings (SSSR count). The van der Waals surface area contributed by atoms with E-state index in [0.717, 1.165) is 11.6 Å². The van der Waals surface area contributed by atoms with Crippen LogP contribution in [0.4, 0.5) is 0 Å². The van der Waals surface area contributed by atoms with Crippen molar-refractivity contribution in [1.82, 2.24) is 5.32 Å². The Balaban J connectivity index is 2.67. The molecule has 0 fully saturated rings. The van der Waals surface area contributed by atoms with Gasteiger partial charge in [-0.1, -0.05) is 25.4 Å². The Morgan fingerprint density at radius 2 is 2.12 bits per heavy atom. The number of nitrogens with one attached hydrogen (secondary N) is 1. The predicted octanol–water partition coefficient (Wildman–Crippen LogP) is 4.40. The molecular weight excluding hydrogens is 238 g/mol. The van der Waals surface area contributed by atoms with Crippen molar-refractivity contribution in [2.75, 3.05) is 7.05 Å². The summed E-state index contributed by atoms with van der Waals surface area (Å²) in [5.41, 5.74) is 1.44. The maximum absolute atomic E-state index is 6.07. The third-order valence-electron chi connectivity index (χ3n) is 2.68. The summed E-state index contributed by atoms with van der Waals surface area (Å²) >= 11 is 7.94. The van der Waals surface area contributed by atoms with Gasteiger partial charge in [-0.25, -0.2) is 0 Å². The smallest absolute Gasteiger partial charge is 0.0413 e. The summed E-state index contributed by atoms with van der Waals surface area (Å²) in [5, 5.41) is 5.37. The normalized spacial score (nSPS) is 11.6. The zero-order chi connectivity index (χ0) is 11.7. The lowest BCUT2D eigenvalue weighted by molar-refractivity contribution is 0.795. The predicted molar refractivity (Wildman–Crippen MR) is 73.7 cm³/mol. The molecule has 0 radical (unpaired) electrons. The number of hydrogen-bond donors (Lipinski definition) is 1. The Bertz CT molecular complexity index is 502. The summed E-state index contributed by atoms with van der Waals surface area (Å²) in [6.45, 7) is 5.41. The van der Waals surface area contributed by atoms with E-state index in [0.29, 0.717) is 5.92 Å². The lowest BCUT2D eigenvalue weighted by Crippen LogP contribution is -2.05. The molecule has 1 N–H and O–H groups in total. The van der Waals surface area contributed by atoms with Crippen LogP contribution in [0.5, 0.6) is 0 Å². The molecule has 0 aliphatic rings. The van der Waals surface area contributed by atoms with E-state index in [-0.39, 0.29) is 0 Å². The van der Waals surface area contributed by atoms with Crippen LogP contribution in [-0.4, -0.2) is 7.05 Å². The average molecular weight is 254 g/mol. The second-order valence-corrected chi connectivity index (χ2v) is 5.84. The van der Waals surface area contributed by atoms with Gasteiger partial charge in [0, 0.05) is 21.1 Å². The summed E-state index contributed by atoms with van der Waals surface area (Å²) in [6.07, 6.45) is 0. The molecule has 86 valence electrons. The Morgan fingerprint density at radius 1 is 1.38 bits per heavy atom. The molecule has 0 aliphatic carbocycles. The Labute approximate surface area is 105 Å². The van der Waals surface area contributed by atoms with Crippen molar-refractivity contribution in [1.29, 1.82) is 0 Å². The van der Waals surface area contributed by atoms with Crippen molar-refractivity contribution < 1.29 is 0 Å². The molecule has 3 heteroatoms. The van der Waals surface area contributed by atoms with E-state index in [2.05, 4.69) is 31.3 Å². The minimum absolute atomic E-state index is 0.538. The first-order chi connectivity index (χ1) is 7.63. The second-order valence-electron chi connectivity index (χ2n) is 4.26. The molecule has 0 atom stereocenters. The first-order valence-electron chi connectivity index (χ1n) is 5.49. The van der Waals surface area contributed by atoms with Gasteiger partial charge in [-0.2, -0.15) is 0 Å². The van der Waals surface area contributed by atoms with E-state index in [9.17, 15) is 0 Å². The van der Waals surface area contributed by atoms with Gasteiger partial charge in [-0.3, -0.25) is 0 Å². The van der Waals surface area contributed by atoms with Gasteiger partial charge in [-0.05, 0) is 42.1 Å². The average Bonchev–Trinajstić information content (AvgIpc) is 2.55. The molecule has 0 amide bonds. The maximum atomic E-state index is 6.07. The number of halogens is 1. The van der Waals surface area contributed by atoms with E-state index >= 15 is 0 Å². The van der Waals surface area contributed by atoms with Crippen molar-refractivity contribution in [2.45, 2.75) is 26.3 Å². The van der Waals surface area contributed by atoms with E-state index in [1.165, 1.54) is 20.5 Å². The number of benzene rings is 1. The molecule has 0 saturated heterocycles. The van der Waals surface area contributed by atoms with Crippen molar-refractivity contribution in [3.8, 4) is 0 Å². The molecule has 1 heterocycles. The summed E-state index contributed by atoms with van der Waals surface area (Å²) in [6, 6.07) is 6.17. The molecule has 0 aliphatic heterocycles. The van der Waals surface area contributed by atoms with Crippen molar-refractivity contribution in [3.63, 3.8) is 0 Å². The van der Waals surface area contributed by atoms with E-state index in [1.54, 1.807) is 0 Å². The first-order valence-corrected chi connectivity index (χ1v) is 6.68. The fourth-order valence-electron chi connectivity index (χ4n) is 2.06. The number of hydrogen-bond acceptors (Lipinski definition) is 2. The largest absolute Gasteiger partial charge is 0.315 e. The highest BCUT2D eigenvalue weighted by atomic mass is 35.5. The molecule has 16 heavy (non-hydrogen) atoms. The van der Waals surface area contributed by atoms with Crippen LogP contribution < -0.4 is 5.32 Å². The number of rotatable bonds is 3. The van der Waals surface area contributed by atoms with Gasteiger partial charge in [0.1, 0.15) is 0 Å². The van der Waals surface area contributed by atoms with Gasteiger partial charge in [0.25, 0.3) is 0 Å². The van der Waals surface area contributed by atoms with E-state index in [1.807, 2.05) is 24.5 Å². The zero-order valence-corrected chi connectivity index (χ0v) is 11.4. The van der Waals surface area contributed by atoms with Crippen LogP contribution in [0.25, 0.3) is 10.1 Å². The fraction of sp³-hybridized carbons (Fsp3) is 0.385. The van der Waals surface area contributed by atoms with Crippen LogP contribution in [0.1, 0.15) is 30.2 Å². The van der Waals surface area contributed by atoms with E-state index in [4.69, 9.17) is 11.6 Å². The van der Waals surface area contributed by atoms with Gasteiger partial charge < -0.3 is 5.32 Å². The first kappa shape index (κ1) is 11.9. The molecular formula is C13H16ClNS. The van der Waals surface area contributed by atoms with Crippen LogP contribution in [-0.2, 0) is 6.54 Å². The highest BCUT2D eigenvalue weighted by Gasteiger charge is 2.14. The van der Waals surface area contributed by atoms with Gasteiger partial charge in [-0.15, -0.1) is 11.3 Å². The Kier molecular flexibility index (Phi) is 3.53. The minimum Gasteiger partial charge on any atom is -0.315 e. The number of thiophene rings is 1. The van der Waals surface area contributed by atoms with E-state index < -0.39 is 0 Å². The van der Waals surface area contributed by atoms with Gasteiger partial charge in [0.15, 0.2) is 0 Å². The fourth-order valence-corrected chi connectivity index (χ4v) is 3.59. The summed E-state index contributed by atoms with van der Waals surface area (Å²) < 4.78 is 1.33. The molecule has 2 aromatic rings. The van der Waals surface area contributed by atoms with Crippen LogP contribution in [0, 0.1) is 0 Å². The molecule has 1 aromatic carbocycles. The Morgan fingerprint density at radius 3 is 2.75 bits per heavy atom. The third-order valence-corrected chi connectivity index (χ3v) is 4.10. The van der Waals surface area contributed by atoms with Crippen LogP contribution in [0.3, 0.4) is 0 Å². The highest BCUT2D eigenvalue weighted by molar-refractivity contribution is 7.19. The molecule has 0 saturated carbocycles. The SMILES string of the molecule is CNCc1sc2ccc(Cl)cc2c1C(C)C. The summed E-state index contributed by atoms with van der Waals surface area (Å²) in [4.78, 5) is 1.43. The molecule has 1 aromatic heterocycles. The summed E-state index contributed by atoms with van der Waals surface area (Å²) in [5.74, 6) is 0.538. The topological polar surface area (TPSA) is 12.0 Å².